The van der Waals surface area contributed by atoms with E-state index in [1.807, 2.05) is 6.92 Å². The van der Waals surface area contributed by atoms with Crippen molar-refractivity contribution in [3.8, 4) is 0 Å². The van der Waals surface area contributed by atoms with Crippen LogP contribution in [0, 0.1) is 5.92 Å². The first-order valence-electron chi connectivity index (χ1n) is 10.6. The van der Waals surface area contributed by atoms with E-state index >= 15 is 0 Å². The summed E-state index contributed by atoms with van der Waals surface area (Å²) in [4.78, 5) is 20.5. The predicted molar refractivity (Wildman–Crippen MR) is 110 cm³/mol. The highest BCUT2D eigenvalue weighted by atomic mass is 16.5. The number of hydrogen-bond donors (Lipinski definition) is 2. The number of nitrogens with one attached hydrogen (secondary N) is 2. The molecule has 0 radical (unpaired) electrons. The van der Waals surface area contributed by atoms with Crippen molar-refractivity contribution < 1.29 is 9.53 Å². The highest BCUT2D eigenvalue weighted by Crippen LogP contribution is 2.26. The number of carbonyl (C=O) groups is 1. The van der Waals surface area contributed by atoms with Gasteiger partial charge >= 0.3 is 0 Å². The van der Waals surface area contributed by atoms with Gasteiger partial charge in [-0.1, -0.05) is 12.8 Å². The highest BCUT2D eigenvalue weighted by Gasteiger charge is 2.26. The monoisotopic (exact) mass is 381 g/mol. The minimum Gasteiger partial charge on any atom is -0.382 e. The fraction of sp³-hybridized carbons (Fsp3) is 0.900. The molecule has 7 heteroatoms. The van der Waals surface area contributed by atoms with Gasteiger partial charge in [-0.2, -0.15) is 0 Å². The second-order valence-electron chi connectivity index (χ2n) is 7.97. The summed E-state index contributed by atoms with van der Waals surface area (Å²) in [5, 5.41) is 6.90. The second kappa shape index (κ2) is 12.2. The van der Waals surface area contributed by atoms with Crippen LogP contribution in [0.5, 0.6) is 0 Å². The normalized spacial score (nSPS) is 21.6. The number of guanidine groups is 1. The quantitative estimate of drug-likeness (QED) is 0.339. The van der Waals surface area contributed by atoms with Crippen molar-refractivity contribution in [3.63, 3.8) is 0 Å². The average Bonchev–Trinajstić information content (AvgIpc) is 3.31. The fourth-order valence-electron chi connectivity index (χ4n) is 3.83. The van der Waals surface area contributed by atoms with Gasteiger partial charge in [0.15, 0.2) is 5.96 Å². The number of amides is 1. The van der Waals surface area contributed by atoms with Gasteiger partial charge in [-0.05, 0) is 38.5 Å². The van der Waals surface area contributed by atoms with Gasteiger partial charge in [0.1, 0.15) is 6.54 Å². The number of aliphatic imine (C=N–C) groups is 1. The smallest absolute Gasteiger partial charge is 0.243 e. The van der Waals surface area contributed by atoms with Crippen LogP contribution in [0.2, 0.25) is 0 Å². The number of hydrogen-bond acceptors (Lipinski definition) is 4. The fourth-order valence-corrected chi connectivity index (χ4v) is 3.83. The molecule has 0 aromatic heterocycles. The Morgan fingerprint density at radius 2 is 2.04 bits per heavy atom. The Hall–Kier alpha value is -1.34. The number of likely N-dealkylation sites (tertiary alicyclic amines) is 1. The van der Waals surface area contributed by atoms with E-state index in [-0.39, 0.29) is 12.5 Å². The van der Waals surface area contributed by atoms with E-state index in [2.05, 4.69) is 20.5 Å². The van der Waals surface area contributed by atoms with Crippen LogP contribution in [0.4, 0.5) is 0 Å². The van der Waals surface area contributed by atoms with Crippen LogP contribution in [-0.4, -0.2) is 87.7 Å². The molecule has 27 heavy (non-hydrogen) atoms. The molecule has 2 aliphatic rings. The summed E-state index contributed by atoms with van der Waals surface area (Å²) < 4.78 is 5.39. The summed E-state index contributed by atoms with van der Waals surface area (Å²) in [5.41, 5.74) is 0. The molecule has 0 spiro atoms. The van der Waals surface area contributed by atoms with Gasteiger partial charge < -0.3 is 25.2 Å². The third-order valence-electron chi connectivity index (χ3n) is 5.44. The number of rotatable bonds is 10. The molecule has 2 N–H and O–H groups in total. The number of carbonyl (C=O) groups excluding carboxylic acids is 1. The Kier molecular flexibility index (Phi) is 9.91. The summed E-state index contributed by atoms with van der Waals surface area (Å²) in [6, 6.07) is 0.402. The van der Waals surface area contributed by atoms with Crippen LogP contribution in [-0.2, 0) is 9.53 Å². The van der Waals surface area contributed by atoms with E-state index < -0.39 is 0 Å². The van der Waals surface area contributed by atoms with Crippen LogP contribution >= 0.6 is 0 Å². The van der Waals surface area contributed by atoms with Gasteiger partial charge in [-0.15, -0.1) is 0 Å². The lowest BCUT2D eigenvalue weighted by Gasteiger charge is -2.21. The zero-order valence-electron chi connectivity index (χ0n) is 17.5. The lowest BCUT2D eigenvalue weighted by Crippen LogP contribution is -2.45. The number of likely N-dealkylation sites (N-methyl/N-ethyl adjacent to an activating group) is 1. The Morgan fingerprint density at radius 3 is 2.74 bits per heavy atom. The Labute approximate surface area is 164 Å². The van der Waals surface area contributed by atoms with Gasteiger partial charge in [-0.3, -0.25) is 4.79 Å². The molecule has 1 aliphatic carbocycles. The molecule has 1 atom stereocenters. The van der Waals surface area contributed by atoms with E-state index in [1.54, 1.807) is 19.0 Å². The van der Waals surface area contributed by atoms with Crippen molar-refractivity contribution >= 4 is 11.9 Å². The maximum absolute atomic E-state index is 11.9. The zero-order valence-corrected chi connectivity index (χ0v) is 17.5. The summed E-state index contributed by atoms with van der Waals surface area (Å²) in [5.74, 6) is 1.65. The van der Waals surface area contributed by atoms with E-state index in [1.165, 1.54) is 32.2 Å². The van der Waals surface area contributed by atoms with Crippen LogP contribution < -0.4 is 10.6 Å². The van der Waals surface area contributed by atoms with Crippen LogP contribution in [0.25, 0.3) is 0 Å². The molecule has 1 saturated carbocycles. The SMILES string of the molecule is CCOCCCNC(=NCC(=O)N(C)C)NC1CCN(CC2CCCC2)C1. The van der Waals surface area contributed by atoms with E-state index in [9.17, 15) is 4.79 Å². The largest absolute Gasteiger partial charge is 0.382 e. The Bertz CT molecular complexity index is 463. The molecule has 0 aromatic carbocycles. The molecule has 1 saturated heterocycles. The lowest BCUT2D eigenvalue weighted by atomic mass is 10.1. The van der Waals surface area contributed by atoms with Crippen LogP contribution in [0.1, 0.15) is 45.4 Å². The maximum Gasteiger partial charge on any atom is 0.243 e. The first-order valence-corrected chi connectivity index (χ1v) is 10.6. The Morgan fingerprint density at radius 1 is 1.26 bits per heavy atom. The average molecular weight is 382 g/mol. The number of nitrogens with zero attached hydrogens (tertiary/aromatic N) is 3. The third-order valence-corrected chi connectivity index (χ3v) is 5.44. The number of ether oxygens (including phenoxy) is 1. The molecule has 2 fully saturated rings. The summed E-state index contributed by atoms with van der Waals surface area (Å²) in [6.45, 7) is 7.92. The maximum atomic E-state index is 11.9. The second-order valence-corrected chi connectivity index (χ2v) is 7.97. The molecule has 7 nitrogen and oxygen atoms in total. The predicted octanol–water partition coefficient (Wildman–Crippen LogP) is 1.30. The standard InChI is InChI=1S/C20H39N5O2/c1-4-27-13-7-11-21-20(22-14-19(26)24(2)3)23-18-10-12-25(16-18)15-17-8-5-6-9-17/h17-18H,4-16H2,1-3H3,(H2,21,22,23). The molecule has 2 rings (SSSR count). The van der Waals surface area contributed by atoms with Gasteiger partial charge in [0.25, 0.3) is 0 Å². The van der Waals surface area contributed by atoms with E-state index in [4.69, 9.17) is 4.74 Å². The van der Waals surface area contributed by atoms with Crippen molar-refractivity contribution in [1.82, 2.24) is 20.4 Å². The highest BCUT2D eigenvalue weighted by molar-refractivity contribution is 5.84. The molecule has 0 bridgehead atoms. The van der Waals surface area contributed by atoms with Crippen molar-refractivity contribution in [1.29, 1.82) is 0 Å². The molecule has 1 aliphatic heterocycles. The third kappa shape index (κ3) is 8.47. The van der Waals surface area contributed by atoms with Gasteiger partial charge in [0.05, 0.1) is 0 Å². The molecule has 0 aromatic rings. The van der Waals surface area contributed by atoms with Gasteiger partial charge in [0.2, 0.25) is 5.91 Å². The minimum absolute atomic E-state index is 0.0136. The molecule has 1 heterocycles. The first-order chi connectivity index (χ1) is 13.1. The topological polar surface area (TPSA) is 69.2 Å². The van der Waals surface area contributed by atoms with E-state index in [0.717, 1.165) is 57.6 Å². The molecule has 1 unspecified atom stereocenters. The zero-order chi connectivity index (χ0) is 19.5. The molecular formula is C20H39N5O2. The van der Waals surface area contributed by atoms with Crippen LogP contribution in [0.3, 0.4) is 0 Å². The van der Waals surface area contributed by atoms with Crippen molar-refractivity contribution in [2.24, 2.45) is 10.9 Å². The Balaban J connectivity index is 1.78. The van der Waals surface area contributed by atoms with Crippen molar-refractivity contribution in [2.45, 2.75) is 51.5 Å². The lowest BCUT2D eigenvalue weighted by molar-refractivity contribution is -0.127. The summed E-state index contributed by atoms with van der Waals surface area (Å²) >= 11 is 0. The summed E-state index contributed by atoms with van der Waals surface area (Å²) in [6.07, 6.45) is 7.67. The molecular weight excluding hydrogens is 342 g/mol. The van der Waals surface area contributed by atoms with E-state index in [0.29, 0.717) is 6.04 Å². The first kappa shape index (κ1) is 22.0. The van der Waals surface area contributed by atoms with Gasteiger partial charge in [-0.25, -0.2) is 4.99 Å². The van der Waals surface area contributed by atoms with Crippen LogP contribution in [0.15, 0.2) is 4.99 Å². The molecule has 156 valence electrons. The van der Waals surface area contributed by atoms with Crippen molar-refractivity contribution in [3.05, 3.63) is 0 Å². The van der Waals surface area contributed by atoms with Crippen molar-refractivity contribution in [2.75, 3.05) is 60.0 Å². The molecule has 1 amide bonds. The van der Waals surface area contributed by atoms with Gasteiger partial charge in [0, 0.05) is 59.5 Å². The minimum atomic E-state index is 0.0136. The summed E-state index contributed by atoms with van der Waals surface area (Å²) in [7, 11) is 3.52.